The Balaban J connectivity index is 1.45. The van der Waals surface area contributed by atoms with Gasteiger partial charge >= 0.3 is 0 Å². The molecule has 188 valence electrons. The van der Waals surface area contributed by atoms with E-state index in [1.54, 1.807) is 25.1 Å². The van der Waals surface area contributed by atoms with Crippen LogP contribution in [0, 0.1) is 17.7 Å². The van der Waals surface area contributed by atoms with Crippen LogP contribution in [0.4, 0.5) is 4.39 Å². The first-order valence-corrected chi connectivity index (χ1v) is 12.7. The first-order valence-electron chi connectivity index (χ1n) is 12.7. The van der Waals surface area contributed by atoms with Gasteiger partial charge in [0.2, 0.25) is 23.6 Å². The molecule has 1 saturated heterocycles. The van der Waals surface area contributed by atoms with E-state index in [1.807, 2.05) is 12.2 Å². The molecule has 35 heavy (non-hydrogen) atoms. The maximum Gasteiger partial charge on any atom is 0.242 e. The van der Waals surface area contributed by atoms with Crippen LogP contribution in [0.1, 0.15) is 63.9 Å². The topological polar surface area (TPSA) is 86.8 Å². The smallest absolute Gasteiger partial charge is 0.242 e. The highest BCUT2D eigenvalue weighted by Crippen LogP contribution is 2.35. The molecule has 3 atom stereocenters. The summed E-state index contributed by atoms with van der Waals surface area (Å²) in [6.45, 7) is 1.54. The van der Waals surface area contributed by atoms with E-state index in [0.717, 1.165) is 32.1 Å². The van der Waals surface area contributed by atoms with Crippen molar-refractivity contribution < 1.29 is 23.6 Å². The van der Waals surface area contributed by atoms with Crippen LogP contribution in [0.3, 0.4) is 0 Å². The van der Waals surface area contributed by atoms with Crippen molar-refractivity contribution in [3.63, 3.8) is 0 Å². The summed E-state index contributed by atoms with van der Waals surface area (Å²) in [5.74, 6) is -2.29. The lowest BCUT2D eigenvalue weighted by atomic mass is 9.85. The highest BCUT2D eigenvalue weighted by Gasteiger charge is 2.47. The van der Waals surface area contributed by atoms with E-state index in [0.29, 0.717) is 18.4 Å². The molecule has 7 nitrogen and oxygen atoms in total. The normalized spacial score (nSPS) is 23.2. The maximum absolute atomic E-state index is 14.4. The molecule has 2 aliphatic carbocycles. The van der Waals surface area contributed by atoms with Crippen molar-refractivity contribution in [2.75, 3.05) is 6.54 Å². The summed E-state index contributed by atoms with van der Waals surface area (Å²) in [6, 6.07) is 5.44. The third-order valence-electron chi connectivity index (χ3n) is 7.57. The van der Waals surface area contributed by atoms with Gasteiger partial charge in [-0.2, -0.15) is 0 Å². The highest BCUT2D eigenvalue weighted by molar-refractivity contribution is 6.05. The number of halogens is 1. The van der Waals surface area contributed by atoms with Gasteiger partial charge in [0.25, 0.3) is 0 Å². The van der Waals surface area contributed by atoms with E-state index in [2.05, 4.69) is 5.32 Å². The molecule has 1 saturated carbocycles. The molecule has 4 rings (SSSR count). The molecule has 2 fully saturated rings. The molecule has 0 bridgehead atoms. The van der Waals surface area contributed by atoms with Gasteiger partial charge in [0, 0.05) is 31.1 Å². The summed E-state index contributed by atoms with van der Waals surface area (Å²) < 4.78 is 14.4. The van der Waals surface area contributed by atoms with Crippen LogP contribution in [0.5, 0.6) is 0 Å². The number of hydrogen-bond donors (Lipinski definition) is 1. The zero-order valence-electron chi connectivity index (χ0n) is 20.2. The molecule has 3 aliphatic rings. The van der Waals surface area contributed by atoms with Crippen LogP contribution in [0.25, 0.3) is 0 Å². The van der Waals surface area contributed by atoms with E-state index < -0.39 is 17.8 Å². The van der Waals surface area contributed by atoms with Gasteiger partial charge in [-0.25, -0.2) is 4.39 Å². The van der Waals surface area contributed by atoms with Gasteiger partial charge in [-0.3, -0.25) is 24.1 Å². The van der Waals surface area contributed by atoms with E-state index in [9.17, 15) is 23.6 Å². The average molecular weight is 484 g/mol. The largest absolute Gasteiger partial charge is 0.352 e. The molecule has 1 N–H and O–H groups in total. The number of hydrogen-bond acceptors (Lipinski definition) is 4. The first kappa shape index (κ1) is 25.1. The number of benzene rings is 1. The minimum atomic E-state index is -0.819. The number of likely N-dealkylation sites (tertiary alicyclic amines) is 1. The average Bonchev–Trinajstić information content (AvgIpc) is 3.11. The SMILES string of the molecule is C[C@H](C(=O)NC1CCCCC1)N(Cc1ccccc1F)C(=O)CCN1C(=O)[C@H]2CC=CC[C@H]2C1=O. The first-order chi connectivity index (χ1) is 16.9. The van der Waals surface area contributed by atoms with Crippen LogP contribution < -0.4 is 5.32 Å². The molecule has 1 aromatic carbocycles. The second kappa shape index (κ2) is 11.1. The van der Waals surface area contributed by atoms with E-state index in [1.165, 1.54) is 15.9 Å². The number of rotatable bonds is 8. The molecular formula is C27H34FN3O4. The molecule has 0 spiro atoms. The second-order valence-electron chi connectivity index (χ2n) is 9.87. The minimum Gasteiger partial charge on any atom is -0.352 e. The predicted molar refractivity (Wildman–Crippen MR) is 128 cm³/mol. The highest BCUT2D eigenvalue weighted by atomic mass is 19.1. The van der Waals surface area contributed by atoms with Gasteiger partial charge in [0.05, 0.1) is 11.8 Å². The number of imide groups is 1. The number of carbonyl (C=O) groups is 4. The van der Waals surface area contributed by atoms with Crippen molar-refractivity contribution >= 4 is 23.6 Å². The van der Waals surface area contributed by atoms with Crippen molar-refractivity contribution in [2.45, 2.75) is 76.9 Å². The molecule has 1 heterocycles. The van der Waals surface area contributed by atoms with Crippen molar-refractivity contribution in [1.82, 2.24) is 15.1 Å². The van der Waals surface area contributed by atoms with Crippen LogP contribution >= 0.6 is 0 Å². The Morgan fingerprint density at radius 2 is 1.69 bits per heavy atom. The lowest BCUT2D eigenvalue weighted by Crippen LogP contribution is -2.51. The van der Waals surface area contributed by atoms with Gasteiger partial charge in [-0.15, -0.1) is 0 Å². The Bertz CT molecular complexity index is 978. The van der Waals surface area contributed by atoms with Gasteiger partial charge < -0.3 is 10.2 Å². The van der Waals surface area contributed by atoms with Gasteiger partial charge in [0.1, 0.15) is 11.9 Å². The lowest BCUT2D eigenvalue weighted by Gasteiger charge is -2.31. The number of allylic oxidation sites excluding steroid dienone is 2. The number of fused-ring (bicyclic) bond motifs is 1. The molecule has 1 aromatic rings. The zero-order valence-corrected chi connectivity index (χ0v) is 20.2. The van der Waals surface area contributed by atoms with Crippen molar-refractivity contribution in [3.8, 4) is 0 Å². The van der Waals surface area contributed by atoms with E-state index >= 15 is 0 Å². The van der Waals surface area contributed by atoms with Gasteiger partial charge in [0.15, 0.2) is 0 Å². The molecular weight excluding hydrogens is 449 g/mol. The zero-order chi connectivity index (χ0) is 24.9. The fourth-order valence-electron chi connectivity index (χ4n) is 5.40. The third kappa shape index (κ3) is 5.63. The Morgan fingerprint density at radius 1 is 1.06 bits per heavy atom. The number of carbonyl (C=O) groups excluding carboxylic acids is 4. The summed E-state index contributed by atoms with van der Waals surface area (Å²) in [5, 5.41) is 3.05. The maximum atomic E-state index is 14.4. The van der Waals surface area contributed by atoms with Crippen molar-refractivity contribution in [2.24, 2.45) is 11.8 Å². The Hall–Kier alpha value is -3.03. The Kier molecular flexibility index (Phi) is 7.98. The van der Waals surface area contributed by atoms with Crippen LogP contribution in [-0.4, -0.2) is 52.1 Å². The summed E-state index contributed by atoms with van der Waals surface area (Å²) in [7, 11) is 0. The standard InChI is InChI=1S/C27H34FN3O4/c1-18(25(33)29-20-10-3-2-4-11-20)31(17-19-9-5-8-14-23(19)28)24(32)15-16-30-26(34)21-12-6-7-13-22(21)27(30)35/h5-9,14,18,20-22H,2-4,10-13,15-17H2,1H3,(H,29,33)/t18-,21-,22+/m1/s1. The molecule has 0 unspecified atom stereocenters. The summed E-state index contributed by atoms with van der Waals surface area (Å²) in [6.07, 6.45) is 9.92. The predicted octanol–water partition coefficient (Wildman–Crippen LogP) is 3.33. The molecule has 0 aromatic heterocycles. The fraction of sp³-hybridized carbons (Fsp3) is 0.556. The number of nitrogens with one attached hydrogen (secondary N) is 1. The van der Waals surface area contributed by atoms with Gasteiger partial charge in [-0.05, 0) is 38.7 Å². The van der Waals surface area contributed by atoms with E-state index in [-0.39, 0.29) is 55.1 Å². The van der Waals surface area contributed by atoms with E-state index in [4.69, 9.17) is 0 Å². The Labute approximate surface area is 205 Å². The minimum absolute atomic E-state index is 0.0335. The van der Waals surface area contributed by atoms with Crippen molar-refractivity contribution in [3.05, 3.63) is 47.8 Å². The lowest BCUT2D eigenvalue weighted by molar-refractivity contribution is -0.144. The monoisotopic (exact) mass is 483 g/mol. The summed E-state index contributed by atoms with van der Waals surface area (Å²) >= 11 is 0. The molecule has 1 aliphatic heterocycles. The van der Waals surface area contributed by atoms with Crippen molar-refractivity contribution in [1.29, 1.82) is 0 Å². The number of nitrogens with zero attached hydrogens (tertiary/aromatic N) is 2. The van der Waals surface area contributed by atoms with Gasteiger partial charge in [-0.1, -0.05) is 49.6 Å². The van der Waals surface area contributed by atoms with Crippen LogP contribution in [0.2, 0.25) is 0 Å². The number of amides is 4. The summed E-state index contributed by atoms with van der Waals surface area (Å²) in [4.78, 5) is 54.5. The third-order valence-corrected chi connectivity index (χ3v) is 7.57. The second-order valence-corrected chi connectivity index (χ2v) is 9.87. The Morgan fingerprint density at radius 3 is 2.31 bits per heavy atom. The molecule has 8 heteroatoms. The summed E-state index contributed by atoms with van der Waals surface area (Å²) in [5.41, 5.74) is 0.309. The van der Waals surface area contributed by atoms with Crippen LogP contribution in [-0.2, 0) is 25.7 Å². The quantitative estimate of drug-likeness (QED) is 0.454. The fourth-order valence-corrected chi connectivity index (χ4v) is 5.40. The molecule has 4 amide bonds. The molecule has 0 radical (unpaired) electrons. The van der Waals surface area contributed by atoms with Crippen LogP contribution in [0.15, 0.2) is 36.4 Å².